The van der Waals surface area contributed by atoms with E-state index in [0.717, 1.165) is 29.2 Å². The van der Waals surface area contributed by atoms with Crippen LogP contribution in [0.3, 0.4) is 0 Å². The number of nitrogens with one attached hydrogen (secondary N) is 2. The third-order valence-corrected chi connectivity index (χ3v) is 6.28. The topological polar surface area (TPSA) is 78.5 Å². The van der Waals surface area contributed by atoms with E-state index in [4.69, 9.17) is 0 Å². The summed E-state index contributed by atoms with van der Waals surface area (Å²) in [5, 5.41) is 5.80. The first-order valence-electron chi connectivity index (χ1n) is 10.2. The molecule has 0 saturated heterocycles. The molecule has 1 aliphatic heterocycles. The average molecular weight is 404 g/mol. The zero-order chi connectivity index (χ0) is 19.8. The van der Waals surface area contributed by atoms with Crippen LogP contribution in [0.5, 0.6) is 0 Å². The largest absolute Gasteiger partial charge is 0.356 e. The zero-order valence-electron chi connectivity index (χ0n) is 16.2. The number of anilines is 1. The van der Waals surface area contributed by atoms with Gasteiger partial charge in [-0.1, -0.05) is 31.4 Å². The number of hydrogen-bond donors (Lipinski definition) is 2. The van der Waals surface area contributed by atoms with Crippen molar-refractivity contribution < 1.29 is 14.4 Å². The molecule has 1 fully saturated rings. The van der Waals surface area contributed by atoms with Gasteiger partial charge in [-0.2, -0.15) is 0 Å². The van der Waals surface area contributed by atoms with Crippen LogP contribution in [0.15, 0.2) is 29.2 Å². The molecule has 1 heterocycles. The fraction of sp³-hybridized carbons (Fsp3) is 0.571. The molecular weight excluding hydrogens is 374 g/mol. The monoisotopic (exact) mass is 403 g/mol. The van der Waals surface area contributed by atoms with Crippen molar-refractivity contribution in [3.8, 4) is 0 Å². The molecule has 152 valence electrons. The van der Waals surface area contributed by atoms with Crippen LogP contribution in [0.1, 0.15) is 51.4 Å². The van der Waals surface area contributed by atoms with Crippen molar-refractivity contribution in [2.24, 2.45) is 0 Å². The molecule has 7 heteroatoms. The predicted molar refractivity (Wildman–Crippen MR) is 111 cm³/mol. The number of thioether (sulfide) groups is 1. The number of carbonyl (C=O) groups is 3. The third kappa shape index (κ3) is 5.99. The molecule has 28 heavy (non-hydrogen) atoms. The van der Waals surface area contributed by atoms with E-state index in [9.17, 15) is 14.4 Å². The Morgan fingerprint density at radius 2 is 1.79 bits per heavy atom. The molecule has 3 rings (SSSR count). The lowest BCUT2D eigenvalue weighted by Crippen LogP contribution is -2.38. The van der Waals surface area contributed by atoms with E-state index in [1.807, 2.05) is 24.3 Å². The van der Waals surface area contributed by atoms with Crippen molar-refractivity contribution in [3.63, 3.8) is 0 Å². The van der Waals surface area contributed by atoms with Crippen molar-refractivity contribution in [2.75, 3.05) is 23.7 Å². The quantitative estimate of drug-likeness (QED) is 0.734. The molecule has 2 aliphatic rings. The highest BCUT2D eigenvalue weighted by Crippen LogP contribution is 2.34. The van der Waals surface area contributed by atoms with Crippen LogP contribution in [-0.2, 0) is 14.4 Å². The highest BCUT2D eigenvalue weighted by Gasteiger charge is 2.23. The molecule has 0 unspecified atom stereocenters. The summed E-state index contributed by atoms with van der Waals surface area (Å²) in [5.74, 6) is 0.646. The predicted octanol–water partition coefficient (Wildman–Crippen LogP) is 2.86. The maximum atomic E-state index is 12.5. The van der Waals surface area contributed by atoms with Crippen LogP contribution >= 0.6 is 11.8 Å². The summed E-state index contributed by atoms with van der Waals surface area (Å²) in [6, 6.07) is 8.16. The van der Waals surface area contributed by atoms with Crippen molar-refractivity contribution in [1.29, 1.82) is 0 Å². The number of para-hydroxylation sites is 1. The molecule has 1 aromatic carbocycles. The first-order chi connectivity index (χ1) is 13.6. The van der Waals surface area contributed by atoms with Crippen molar-refractivity contribution in [2.45, 2.75) is 62.3 Å². The van der Waals surface area contributed by atoms with Gasteiger partial charge in [0, 0.05) is 49.0 Å². The third-order valence-electron chi connectivity index (χ3n) is 5.24. The lowest BCUT2D eigenvalue weighted by molar-refractivity contribution is -0.125. The van der Waals surface area contributed by atoms with Gasteiger partial charge in [0.25, 0.3) is 0 Å². The SMILES string of the molecule is O=C(CCC(=O)N1CCSc2ccccc21)NCCC(=O)NC1CCCCC1. The van der Waals surface area contributed by atoms with Gasteiger partial charge in [-0.05, 0) is 25.0 Å². The lowest BCUT2D eigenvalue weighted by atomic mass is 9.95. The Morgan fingerprint density at radius 3 is 2.61 bits per heavy atom. The van der Waals surface area contributed by atoms with Crippen LogP contribution < -0.4 is 15.5 Å². The minimum Gasteiger partial charge on any atom is -0.356 e. The number of benzene rings is 1. The number of rotatable bonds is 7. The molecule has 0 aromatic heterocycles. The second-order valence-corrected chi connectivity index (χ2v) is 8.50. The van der Waals surface area contributed by atoms with E-state index in [1.165, 1.54) is 19.3 Å². The normalized spacial score (nSPS) is 16.9. The maximum Gasteiger partial charge on any atom is 0.227 e. The van der Waals surface area contributed by atoms with E-state index < -0.39 is 0 Å². The van der Waals surface area contributed by atoms with Crippen molar-refractivity contribution in [1.82, 2.24) is 10.6 Å². The fourth-order valence-corrected chi connectivity index (χ4v) is 4.73. The van der Waals surface area contributed by atoms with Gasteiger partial charge in [0.1, 0.15) is 0 Å². The molecule has 0 bridgehead atoms. The average Bonchev–Trinajstić information content (AvgIpc) is 2.72. The molecule has 0 atom stereocenters. The number of amides is 3. The summed E-state index contributed by atoms with van der Waals surface area (Å²) in [6.07, 6.45) is 6.33. The molecule has 1 aliphatic carbocycles. The van der Waals surface area contributed by atoms with E-state index >= 15 is 0 Å². The molecule has 2 N–H and O–H groups in total. The van der Waals surface area contributed by atoms with Crippen LogP contribution in [0.2, 0.25) is 0 Å². The Hall–Kier alpha value is -2.02. The first-order valence-corrected chi connectivity index (χ1v) is 11.2. The van der Waals surface area contributed by atoms with Crippen LogP contribution in [-0.4, -0.2) is 42.6 Å². The molecule has 1 saturated carbocycles. The van der Waals surface area contributed by atoms with E-state index in [0.29, 0.717) is 19.1 Å². The fourth-order valence-electron chi connectivity index (χ4n) is 3.73. The van der Waals surface area contributed by atoms with Gasteiger partial charge in [0.15, 0.2) is 0 Å². The summed E-state index contributed by atoms with van der Waals surface area (Å²) in [4.78, 5) is 39.4. The summed E-state index contributed by atoms with van der Waals surface area (Å²) < 4.78 is 0. The van der Waals surface area contributed by atoms with Crippen molar-refractivity contribution >= 4 is 35.2 Å². The Kier molecular flexibility index (Phi) is 7.77. The van der Waals surface area contributed by atoms with Gasteiger partial charge in [0.05, 0.1) is 5.69 Å². The zero-order valence-corrected chi connectivity index (χ0v) is 17.1. The second-order valence-electron chi connectivity index (χ2n) is 7.36. The molecule has 1 aromatic rings. The van der Waals surface area contributed by atoms with Gasteiger partial charge in [-0.25, -0.2) is 0 Å². The molecule has 6 nitrogen and oxygen atoms in total. The van der Waals surface area contributed by atoms with Crippen LogP contribution in [0.4, 0.5) is 5.69 Å². The second kappa shape index (κ2) is 10.5. The summed E-state index contributed by atoms with van der Waals surface area (Å²) in [6.45, 7) is 0.984. The molecular formula is C21H29N3O3S. The van der Waals surface area contributed by atoms with Gasteiger partial charge in [-0.3, -0.25) is 14.4 Å². The minimum atomic E-state index is -0.182. The number of fused-ring (bicyclic) bond motifs is 1. The van der Waals surface area contributed by atoms with Gasteiger partial charge < -0.3 is 15.5 Å². The summed E-state index contributed by atoms with van der Waals surface area (Å²) >= 11 is 1.75. The lowest BCUT2D eigenvalue weighted by Gasteiger charge is -2.29. The minimum absolute atomic E-state index is 0.00861. The number of carbonyl (C=O) groups excluding carboxylic acids is 3. The Balaban J connectivity index is 1.34. The standard InChI is InChI=1S/C21H29N3O3S/c25-19(22-13-12-20(26)23-16-6-2-1-3-7-16)10-11-21(27)24-14-15-28-18-9-5-4-8-17(18)24/h4-5,8-9,16H,1-3,6-7,10-15H2,(H,22,25)(H,23,26). The molecule has 3 amide bonds. The summed E-state index contributed by atoms with van der Waals surface area (Å²) in [7, 11) is 0. The van der Waals surface area contributed by atoms with Crippen molar-refractivity contribution in [3.05, 3.63) is 24.3 Å². The van der Waals surface area contributed by atoms with Crippen LogP contribution in [0.25, 0.3) is 0 Å². The van der Waals surface area contributed by atoms with Gasteiger partial charge >= 0.3 is 0 Å². The highest BCUT2D eigenvalue weighted by molar-refractivity contribution is 7.99. The first kappa shape index (κ1) is 20.7. The van der Waals surface area contributed by atoms with Crippen LogP contribution in [0, 0.1) is 0 Å². The Bertz CT molecular complexity index is 704. The molecule has 0 radical (unpaired) electrons. The Morgan fingerprint density at radius 1 is 1.00 bits per heavy atom. The Labute approximate surface area is 170 Å². The smallest absolute Gasteiger partial charge is 0.227 e. The van der Waals surface area contributed by atoms with Gasteiger partial charge in [0.2, 0.25) is 17.7 Å². The van der Waals surface area contributed by atoms with E-state index in [-0.39, 0.29) is 37.0 Å². The number of nitrogens with zero attached hydrogens (tertiary/aromatic N) is 1. The van der Waals surface area contributed by atoms with E-state index in [1.54, 1.807) is 16.7 Å². The molecule has 0 spiro atoms. The summed E-state index contributed by atoms with van der Waals surface area (Å²) in [5.41, 5.74) is 0.934. The van der Waals surface area contributed by atoms with E-state index in [2.05, 4.69) is 10.6 Å². The maximum absolute atomic E-state index is 12.5. The number of hydrogen-bond acceptors (Lipinski definition) is 4. The highest BCUT2D eigenvalue weighted by atomic mass is 32.2. The van der Waals surface area contributed by atoms with Gasteiger partial charge in [-0.15, -0.1) is 11.8 Å².